The van der Waals surface area contributed by atoms with Gasteiger partial charge in [-0.15, -0.1) is 0 Å². The zero-order valence-corrected chi connectivity index (χ0v) is 30.9. The van der Waals surface area contributed by atoms with E-state index in [1.807, 2.05) is 0 Å². The van der Waals surface area contributed by atoms with Gasteiger partial charge in [0.05, 0.1) is 16.6 Å². The maximum atomic E-state index is 2.49. The van der Waals surface area contributed by atoms with Gasteiger partial charge in [0.25, 0.3) is 0 Å². The summed E-state index contributed by atoms with van der Waals surface area (Å²) in [6.45, 7) is 0. The number of allylic oxidation sites excluding steroid dienone is 1. The monoisotopic (exact) mass is 714 g/mol. The summed E-state index contributed by atoms with van der Waals surface area (Å²) in [6, 6.07) is 70.9. The lowest BCUT2D eigenvalue weighted by Gasteiger charge is -2.14. The molecular weight excluding hydrogens is 677 g/mol. The van der Waals surface area contributed by atoms with Crippen molar-refractivity contribution in [2.75, 3.05) is 0 Å². The molecule has 8 aromatic carbocycles. The number of fused-ring (bicyclic) bond motifs is 6. The molecule has 1 aliphatic carbocycles. The van der Waals surface area contributed by atoms with E-state index in [9.17, 15) is 0 Å². The molecule has 0 radical (unpaired) electrons. The highest BCUT2D eigenvalue weighted by Crippen LogP contribution is 2.40. The predicted octanol–water partition coefficient (Wildman–Crippen LogP) is 14.4. The number of hydrogen-bond acceptors (Lipinski definition) is 0. The Hall–Kier alpha value is -7.16. The van der Waals surface area contributed by atoms with E-state index in [2.05, 4.69) is 215 Å². The Morgan fingerprint density at radius 2 is 0.821 bits per heavy atom. The molecule has 0 fully saturated rings. The predicted molar refractivity (Wildman–Crippen MR) is 237 cm³/mol. The summed E-state index contributed by atoms with van der Waals surface area (Å²) in [4.78, 5) is 0. The topological polar surface area (TPSA) is 9.86 Å². The van der Waals surface area contributed by atoms with Crippen molar-refractivity contribution < 1.29 is 0 Å². The van der Waals surface area contributed by atoms with Crippen LogP contribution in [0.4, 0.5) is 0 Å². The molecule has 0 atom stereocenters. The van der Waals surface area contributed by atoms with Crippen LogP contribution in [-0.4, -0.2) is 9.13 Å². The van der Waals surface area contributed by atoms with E-state index in [0.717, 1.165) is 12.8 Å². The van der Waals surface area contributed by atoms with E-state index < -0.39 is 0 Å². The van der Waals surface area contributed by atoms with Gasteiger partial charge in [-0.05, 0) is 112 Å². The third kappa shape index (κ3) is 5.41. The van der Waals surface area contributed by atoms with Crippen molar-refractivity contribution in [3.63, 3.8) is 0 Å². The lowest BCUT2D eigenvalue weighted by atomic mass is 9.98. The van der Waals surface area contributed by atoms with Crippen LogP contribution in [0.25, 0.3) is 94.7 Å². The van der Waals surface area contributed by atoms with Crippen LogP contribution in [0.1, 0.15) is 17.7 Å². The number of aromatic nitrogens is 2. The number of benzene rings is 8. The van der Waals surface area contributed by atoms with Gasteiger partial charge in [0.2, 0.25) is 0 Å². The molecule has 0 N–H and O–H groups in total. The van der Waals surface area contributed by atoms with Crippen LogP contribution in [0.2, 0.25) is 0 Å². The summed E-state index contributed by atoms with van der Waals surface area (Å²) in [5.74, 6) is 0. The molecule has 2 heterocycles. The quantitative estimate of drug-likeness (QED) is 0.162. The second-order valence-electron chi connectivity index (χ2n) is 14.9. The molecule has 0 saturated carbocycles. The summed E-state index contributed by atoms with van der Waals surface area (Å²) >= 11 is 0. The van der Waals surface area contributed by atoms with Crippen LogP contribution in [0.15, 0.2) is 200 Å². The zero-order chi connectivity index (χ0) is 37.0. The first-order valence-corrected chi connectivity index (χ1v) is 19.6. The van der Waals surface area contributed by atoms with Crippen molar-refractivity contribution in [1.29, 1.82) is 0 Å². The summed E-state index contributed by atoms with van der Waals surface area (Å²) in [5.41, 5.74) is 18.6. The van der Waals surface area contributed by atoms with Crippen molar-refractivity contribution >= 4 is 38.8 Å². The first-order valence-electron chi connectivity index (χ1n) is 19.6. The van der Waals surface area contributed by atoms with Crippen LogP contribution in [0.5, 0.6) is 0 Å². The second-order valence-corrected chi connectivity index (χ2v) is 14.9. The molecule has 264 valence electrons. The second kappa shape index (κ2) is 13.3. The van der Waals surface area contributed by atoms with Gasteiger partial charge in [0.15, 0.2) is 0 Å². The van der Waals surface area contributed by atoms with Crippen LogP contribution < -0.4 is 0 Å². The maximum absolute atomic E-state index is 2.49. The lowest BCUT2D eigenvalue weighted by molar-refractivity contribution is 0.888. The third-order valence-corrected chi connectivity index (χ3v) is 11.6. The Balaban J connectivity index is 0.972. The van der Waals surface area contributed by atoms with Crippen LogP contribution >= 0.6 is 0 Å². The molecule has 56 heavy (non-hydrogen) atoms. The van der Waals surface area contributed by atoms with Crippen LogP contribution in [0.3, 0.4) is 0 Å². The molecule has 0 amide bonds. The number of para-hydroxylation sites is 1. The lowest BCUT2D eigenvalue weighted by Crippen LogP contribution is -2.02. The van der Waals surface area contributed by atoms with Crippen molar-refractivity contribution in [1.82, 2.24) is 9.13 Å². The first-order chi connectivity index (χ1) is 27.8. The smallest absolute Gasteiger partial charge is 0.0541 e. The highest BCUT2D eigenvalue weighted by atomic mass is 15.0. The molecule has 2 nitrogen and oxygen atoms in total. The van der Waals surface area contributed by atoms with E-state index in [4.69, 9.17) is 0 Å². The summed E-state index contributed by atoms with van der Waals surface area (Å²) in [7, 11) is 0. The summed E-state index contributed by atoms with van der Waals surface area (Å²) < 4.78 is 4.90. The highest BCUT2D eigenvalue weighted by molar-refractivity contribution is 6.11. The molecule has 2 heteroatoms. The van der Waals surface area contributed by atoms with Crippen LogP contribution in [-0.2, 0) is 6.42 Å². The molecule has 11 rings (SSSR count). The Labute approximate surface area is 326 Å². The van der Waals surface area contributed by atoms with Gasteiger partial charge in [-0.25, -0.2) is 0 Å². The molecular formula is C54H38N2. The van der Waals surface area contributed by atoms with Crippen molar-refractivity contribution in [3.05, 3.63) is 211 Å². The fraction of sp³-hybridized carbons (Fsp3) is 0.0370. The van der Waals surface area contributed by atoms with E-state index >= 15 is 0 Å². The third-order valence-electron chi connectivity index (χ3n) is 11.6. The van der Waals surface area contributed by atoms with Gasteiger partial charge in [-0.2, -0.15) is 0 Å². The van der Waals surface area contributed by atoms with Gasteiger partial charge in [-0.3, -0.25) is 0 Å². The van der Waals surface area contributed by atoms with Crippen molar-refractivity contribution in [3.8, 4) is 55.9 Å². The molecule has 0 bridgehead atoms. The van der Waals surface area contributed by atoms with Gasteiger partial charge in [0.1, 0.15) is 0 Å². The zero-order valence-electron chi connectivity index (χ0n) is 30.9. The molecule has 0 unspecified atom stereocenters. The fourth-order valence-corrected chi connectivity index (χ4v) is 8.87. The molecule has 10 aromatic rings. The van der Waals surface area contributed by atoms with Gasteiger partial charge >= 0.3 is 0 Å². The van der Waals surface area contributed by atoms with E-state index in [0.29, 0.717) is 0 Å². The minimum atomic E-state index is 1.02. The molecule has 2 aromatic heterocycles. The van der Waals surface area contributed by atoms with E-state index in [1.165, 1.54) is 99.8 Å². The molecule has 0 aliphatic heterocycles. The number of rotatable bonds is 6. The molecule has 0 saturated heterocycles. The average Bonchev–Trinajstić information content (AvgIpc) is 3.79. The highest BCUT2D eigenvalue weighted by Gasteiger charge is 2.20. The summed E-state index contributed by atoms with van der Waals surface area (Å²) in [5, 5.41) is 3.82. The standard InChI is InChI=1S/C54H38N2/c1-3-12-37(13-4-1)39-22-24-40(25-23-39)41-26-30-45(31-27-41)55-51-20-9-7-18-47(51)49-35-43(28-32-53(49)55)44-29-33-54-50(36-44)48-19-8-10-21-52(48)56(54)46-17-11-16-42(34-46)38-14-5-2-6-15-38/h1-8,10-19,21-36H,9,20H2. The minimum absolute atomic E-state index is 1.02. The minimum Gasteiger partial charge on any atom is -0.313 e. The molecule has 1 aliphatic rings. The average molecular weight is 715 g/mol. The normalized spacial score (nSPS) is 12.4. The Morgan fingerprint density at radius 1 is 0.321 bits per heavy atom. The largest absolute Gasteiger partial charge is 0.313 e. The van der Waals surface area contributed by atoms with Gasteiger partial charge in [-0.1, -0.05) is 152 Å². The van der Waals surface area contributed by atoms with Gasteiger partial charge < -0.3 is 9.13 Å². The fourth-order valence-electron chi connectivity index (χ4n) is 8.87. The van der Waals surface area contributed by atoms with Crippen molar-refractivity contribution in [2.24, 2.45) is 0 Å². The Morgan fingerprint density at radius 3 is 1.52 bits per heavy atom. The SMILES string of the molecule is C1=Cc2c(n(-c3ccc(-c4ccc(-c5ccccc5)cc4)cc3)c3ccc(-c4ccc5c(c4)c4ccccc4n5-c4cccc(-c5ccccc5)c4)cc23)CC1. The Bertz CT molecular complexity index is 3090. The summed E-state index contributed by atoms with van der Waals surface area (Å²) in [6.07, 6.45) is 6.74. The molecule has 0 spiro atoms. The van der Waals surface area contributed by atoms with Crippen LogP contribution in [0, 0.1) is 0 Å². The first kappa shape index (κ1) is 32.3. The number of nitrogens with zero attached hydrogens (tertiary/aromatic N) is 2. The van der Waals surface area contributed by atoms with E-state index in [-0.39, 0.29) is 0 Å². The van der Waals surface area contributed by atoms with Gasteiger partial charge in [0, 0.05) is 38.8 Å². The number of hydrogen-bond donors (Lipinski definition) is 0. The maximum Gasteiger partial charge on any atom is 0.0541 e. The van der Waals surface area contributed by atoms with Crippen molar-refractivity contribution in [2.45, 2.75) is 12.8 Å². The Kier molecular flexibility index (Phi) is 7.67. The van der Waals surface area contributed by atoms with E-state index in [1.54, 1.807) is 0 Å².